The van der Waals surface area contributed by atoms with Crippen molar-refractivity contribution in [1.82, 2.24) is 9.38 Å². The van der Waals surface area contributed by atoms with E-state index in [1.165, 1.54) is 10.5 Å². The van der Waals surface area contributed by atoms with E-state index >= 15 is 0 Å². The molecule has 21 heavy (non-hydrogen) atoms. The van der Waals surface area contributed by atoms with Gasteiger partial charge < -0.3 is 0 Å². The van der Waals surface area contributed by atoms with Gasteiger partial charge >= 0.3 is 0 Å². The highest BCUT2D eigenvalue weighted by atomic mass is 32.2. The van der Waals surface area contributed by atoms with Crippen molar-refractivity contribution in [1.29, 1.82) is 0 Å². The third-order valence-corrected chi connectivity index (χ3v) is 4.31. The zero-order valence-electron chi connectivity index (χ0n) is 12.0. The molecule has 0 radical (unpaired) electrons. The predicted molar refractivity (Wildman–Crippen MR) is 86.9 cm³/mol. The van der Waals surface area contributed by atoms with Crippen molar-refractivity contribution in [2.75, 3.05) is 0 Å². The zero-order valence-corrected chi connectivity index (χ0v) is 12.9. The monoisotopic (exact) mass is 296 g/mol. The van der Waals surface area contributed by atoms with Crippen molar-refractivity contribution in [3.63, 3.8) is 0 Å². The van der Waals surface area contributed by atoms with Crippen LogP contribution in [0.2, 0.25) is 0 Å². The van der Waals surface area contributed by atoms with Gasteiger partial charge in [-0.1, -0.05) is 23.8 Å². The normalized spacial score (nSPS) is 11.0. The fraction of sp³-hybridized carbons (Fsp3) is 0.176. The average Bonchev–Trinajstić information content (AvgIpc) is 2.47. The van der Waals surface area contributed by atoms with E-state index in [0.29, 0.717) is 11.4 Å². The zero-order chi connectivity index (χ0) is 14.8. The summed E-state index contributed by atoms with van der Waals surface area (Å²) in [5, 5.41) is 0. The van der Waals surface area contributed by atoms with Crippen molar-refractivity contribution < 1.29 is 0 Å². The Kier molecular flexibility index (Phi) is 3.80. The standard InChI is InChI=1S/C17H16N2OS/c1-12-3-6-15(7-4-12)21-11-14-9-17(20)19-10-13(2)5-8-16(19)18-14/h3-10H,11H2,1-2H3. The number of hydrogen-bond donors (Lipinski definition) is 0. The lowest BCUT2D eigenvalue weighted by Gasteiger charge is -2.05. The summed E-state index contributed by atoms with van der Waals surface area (Å²) in [6, 6.07) is 13.8. The van der Waals surface area contributed by atoms with Crippen molar-refractivity contribution in [2.24, 2.45) is 0 Å². The third-order valence-electron chi connectivity index (χ3n) is 3.27. The third kappa shape index (κ3) is 3.16. The number of nitrogens with zero attached hydrogens (tertiary/aromatic N) is 2. The molecular weight excluding hydrogens is 280 g/mol. The Morgan fingerprint density at radius 1 is 1.05 bits per heavy atom. The Hall–Kier alpha value is -2.07. The van der Waals surface area contributed by atoms with Gasteiger partial charge in [0, 0.05) is 22.9 Å². The second-order valence-corrected chi connectivity index (χ2v) is 6.17. The SMILES string of the molecule is Cc1ccc(SCc2cc(=O)n3cc(C)ccc3n2)cc1. The molecule has 0 saturated heterocycles. The lowest BCUT2D eigenvalue weighted by molar-refractivity contribution is 1.00. The summed E-state index contributed by atoms with van der Waals surface area (Å²) in [7, 11) is 0. The summed E-state index contributed by atoms with van der Waals surface area (Å²) >= 11 is 1.69. The molecule has 0 aliphatic heterocycles. The number of benzene rings is 1. The van der Waals surface area contributed by atoms with Crippen LogP contribution in [0.1, 0.15) is 16.8 Å². The van der Waals surface area contributed by atoms with Crippen molar-refractivity contribution in [3.05, 3.63) is 75.8 Å². The van der Waals surface area contributed by atoms with Crippen molar-refractivity contribution >= 4 is 17.4 Å². The first-order chi connectivity index (χ1) is 10.1. The minimum atomic E-state index is -0.0248. The Balaban J connectivity index is 1.86. The molecule has 0 bridgehead atoms. The quantitative estimate of drug-likeness (QED) is 0.693. The number of thioether (sulfide) groups is 1. The molecule has 0 atom stereocenters. The highest BCUT2D eigenvalue weighted by Crippen LogP contribution is 2.21. The maximum absolute atomic E-state index is 12.1. The molecule has 3 nitrogen and oxygen atoms in total. The molecule has 0 unspecified atom stereocenters. The Morgan fingerprint density at radius 3 is 2.52 bits per heavy atom. The van der Waals surface area contributed by atoms with E-state index in [1.807, 2.05) is 25.3 Å². The largest absolute Gasteiger partial charge is 0.269 e. The van der Waals surface area contributed by atoms with Gasteiger partial charge in [0.2, 0.25) is 0 Å². The van der Waals surface area contributed by atoms with E-state index in [9.17, 15) is 4.79 Å². The summed E-state index contributed by atoms with van der Waals surface area (Å²) in [6.07, 6.45) is 1.82. The summed E-state index contributed by atoms with van der Waals surface area (Å²) in [6.45, 7) is 4.04. The molecule has 1 aromatic carbocycles. The van der Waals surface area contributed by atoms with Crippen LogP contribution in [0, 0.1) is 13.8 Å². The lowest BCUT2D eigenvalue weighted by atomic mass is 10.2. The molecule has 0 fully saturated rings. The first-order valence-electron chi connectivity index (χ1n) is 6.80. The highest BCUT2D eigenvalue weighted by Gasteiger charge is 2.03. The molecule has 106 valence electrons. The molecule has 3 rings (SSSR count). The number of aromatic nitrogens is 2. The Labute approximate surface area is 127 Å². The van der Waals surface area contributed by atoms with Crippen molar-refractivity contribution in [2.45, 2.75) is 24.5 Å². The van der Waals surface area contributed by atoms with E-state index in [1.54, 1.807) is 22.2 Å². The number of fused-ring (bicyclic) bond motifs is 1. The summed E-state index contributed by atoms with van der Waals surface area (Å²) in [4.78, 5) is 17.9. The van der Waals surface area contributed by atoms with Gasteiger partial charge in [-0.15, -0.1) is 11.8 Å². The Morgan fingerprint density at radius 2 is 1.76 bits per heavy atom. The van der Waals surface area contributed by atoms with Gasteiger partial charge in [-0.05, 0) is 37.6 Å². The molecule has 0 saturated carbocycles. The fourth-order valence-corrected chi connectivity index (χ4v) is 2.91. The van der Waals surface area contributed by atoms with Gasteiger partial charge in [0.05, 0.1) is 5.69 Å². The van der Waals surface area contributed by atoms with Crippen molar-refractivity contribution in [3.8, 4) is 0 Å². The van der Waals surface area contributed by atoms with E-state index in [0.717, 1.165) is 11.3 Å². The molecule has 0 spiro atoms. The molecule has 0 amide bonds. The molecule has 0 aliphatic carbocycles. The molecular formula is C17H16N2OS. The van der Waals surface area contributed by atoms with Gasteiger partial charge in [-0.2, -0.15) is 0 Å². The van der Waals surface area contributed by atoms with Crippen LogP contribution >= 0.6 is 11.8 Å². The molecule has 4 heteroatoms. The van der Waals surface area contributed by atoms with Gasteiger partial charge in [-0.3, -0.25) is 9.20 Å². The predicted octanol–water partition coefficient (Wildman–Crippen LogP) is 3.60. The number of pyridine rings is 1. The van der Waals surface area contributed by atoms with E-state index in [4.69, 9.17) is 0 Å². The van der Waals surface area contributed by atoms with Gasteiger partial charge in [0.15, 0.2) is 0 Å². The second-order valence-electron chi connectivity index (χ2n) is 5.12. The van der Waals surface area contributed by atoms with E-state index in [2.05, 4.69) is 36.2 Å². The van der Waals surface area contributed by atoms with Gasteiger partial charge in [0.1, 0.15) is 5.65 Å². The van der Waals surface area contributed by atoms with Crippen LogP contribution in [0.4, 0.5) is 0 Å². The van der Waals surface area contributed by atoms with Crippen LogP contribution in [0.15, 0.2) is 58.4 Å². The number of aryl methyl sites for hydroxylation is 2. The Bertz CT molecular complexity index is 838. The summed E-state index contributed by atoms with van der Waals surface area (Å²) < 4.78 is 1.59. The van der Waals surface area contributed by atoms with Gasteiger partial charge in [0.25, 0.3) is 5.56 Å². The summed E-state index contributed by atoms with van der Waals surface area (Å²) in [5.41, 5.74) is 3.79. The number of rotatable bonds is 3. The fourth-order valence-electron chi connectivity index (χ4n) is 2.12. The van der Waals surface area contributed by atoms with Crippen LogP contribution in [0.3, 0.4) is 0 Å². The van der Waals surface area contributed by atoms with Crippen LogP contribution < -0.4 is 5.56 Å². The van der Waals surface area contributed by atoms with Crippen LogP contribution in [0.25, 0.3) is 5.65 Å². The maximum atomic E-state index is 12.1. The number of hydrogen-bond acceptors (Lipinski definition) is 3. The molecule has 2 heterocycles. The molecule has 2 aromatic heterocycles. The minimum Gasteiger partial charge on any atom is -0.269 e. The maximum Gasteiger partial charge on any atom is 0.258 e. The van der Waals surface area contributed by atoms with Crippen LogP contribution in [-0.4, -0.2) is 9.38 Å². The van der Waals surface area contributed by atoms with Crippen LogP contribution in [0.5, 0.6) is 0 Å². The first kappa shape index (κ1) is 13.9. The van der Waals surface area contributed by atoms with E-state index in [-0.39, 0.29) is 5.56 Å². The first-order valence-corrected chi connectivity index (χ1v) is 7.79. The lowest BCUT2D eigenvalue weighted by Crippen LogP contribution is -2.15. The average molecular weight is 296 g/mol. The molecule has 0 aliphatic rings. The molecule has 3 aromatic rings. The highest BCUT2D eigenvalue weighted by molar-refractivity contribution is 7.98. The van der Waals surface area contributed by atoms with Crippen LogP contribution in [-0.2, 0) is 5.75 Å². The second kappa shape index (κ2) is 5.74. The molecule has 0 N–H and O–H groups in total. The smallest absolute Gasteiger partial charge is 0.258 e. The summed E-state index contributed by atoms with van der Waals surface area (Å²) in [5.74, 6) is 0.697. The van der Waals surface area contributed by atoms with Gasteiger partial charge in [-0.25, -0.2) is 4.98 Å². The van der Waals surface area contributed by atoms with E-state index < -0.39 is 0 Å². The minimum absolute atomic E-state index is 0.0248. The topological polar surface area (TPSA) is 34.4 Å².